The van der Waals surface area contributed by atoms with E-state index < -0.39 is 5.82 Å². The fraction of sp³-hybridized carbons (Fsp3) is 0.364. The molecule has 1 aliphatic rings. The molecule has 1 aliphatic heterocycles. The van der Waals surface area contributed by atoms with E-state index in [1.807, 2.05) is 0 Å². The first-order valence-electron chi connectivity index (χ1n) is 9.78. The number of urea groups is 1. The summed E-state index contributed by atoms with van der Waals surface area (Å²) in [6.07, 6.45) is 2.48. The van der Waals surface area contributed by atoms with Crippen LogP contribution in [0.5, 0.6) is 0 Å². The topological polar surface area (TPSA) is 61.4 Å². The Morgan fingerprint density at radius 2 is 1.86 bits per heavy atom. The number of likely N-dealkylation sites (tertiary alicyclic amines) is 1. The summed E-state index contributed by atoms with van der Waals surface area (Å²) < 4.78 is 26.8. The minimum atomic E-state index is -0.434. The van der Waals surface area contributed by atoms with Crippen molar-refractivity contribution >= 4 is 17.6 Å². The fourth-order valence-corrected chi connectivity index (χ4v) is 3.42. The van der Waals surface area contributed by atoms with Gasteiger partial charge in [0, 0.05) is 30.9 Å². The van der Waals surface area contributed by atoms with Gasteiger partial charge in [0.15, 0.2) is 0 Å². The van der Waals surface area contributed by atoms with Gasteiger partial charge in [-0.25, -0.2) is 13.6 Å². The molecule has 0 saturated carbocycles. The number of aryl methyl sites for hydroxylation is 1. The third-order valence-electron chi connectivity index (χ3n) is 5.25. The molecule has 1 fully saturated rings. The number of piperidine rings is 1. The van der Waals surface area contributed by atoms with Crippen LogP contribution in [0.3, 0.4) is 0 Å². The van der Waals surface area contributed by atoms with Crippen molar-refractivity contribution in [2.45, 2.75) is 26.2 Å². The summed E-state index contributed by atoms with van der Waals surface area (Å²) >= 11 is 0. The summed E-state index contributed by atoms with van der Waals surface area (Å²) in [6.45, 7) is 3.41. The first kappa shape index (κ1) is 20.8. The van der Waals surface area contributed by atoms with Crippen molar-refractivity contribution in [2.75, 3.05) is 25.0 Å². The lowest BCUT2D eigenvalue weighted by Gasteiger charge is -2.32. The van der Waals surface area contributed by atoms with Crippen LogP contribution in [0.25, 0.3) is 0 Å². The van der Waals surface area contributed by atoms with Crippen molar-refractivity contribution in [1.29, 1.82) is 0 Å². The third kappa shape index (κ3) is 5.76. The Hall–Kier alpha value is -2.96. The van der Waals surface area contributed by atoms with Gasteiger partial charge in [0.1, 0.15) is 11.6 Å². The van der Waals surface area contributed by atoms with E-state index in [2.05, 4.69) is 10.6 Å². The lowest BCUT2D eigenvalue weighted by atomic mass is 9.93. The highest BCUT2D eigenvalue weighted by Crippen LogP contribution is 2.21. The molecule has 0 bridgehead atoms. The zero-order chi connectivity index (χ0) is 20.8. The molecule has 0 unspecified atom stereocenters. The lowest BCUT2D eigenvalue weighted by molar-refractivity contribution is 0.0949. The molecular weight excluding hydrogens is 376 g/mol. The van der Waals surface area contributed by atoms with Crippen molar-refractivity contribution in [2.24, 2.45) is 5.92 Å². The van der Waals surface area contributed by atoms with Gasteiger partial charge in [0.05, 0.1) is 0 Å². The molecule has 7 heteroatoms. The fourth-order valence-electron chi connectivity index (χ4n) is 3.42. The van der Waals surface area contributed by atoms with Gasteiger partial charge in [-0.2, -0.15) is 0 Å². The molecule has 2 N–H and O–H groups in total. The summed E-state index contributed by atoms with van der Waals surface area (Å²) in [6, 6.07) is 10.0. The Morgan fingerprint density at radius 1 is 1.10 bits per heavy atom. The minimum Gasteiger partial charge on any atom is -0.352 e. The number of halogens is 2. The van der Waals surface area contributed by atoms with Crippen LogP contribution >= 0.6 is 0 Å². The van der Waals surface area contributed by atoms with Crippen LogP contribution in [0.2, 0.25) is 0 Å². The van der Waals surface area contributed by atoms with Crippen LogP contribution in [-0.4, -0.2) is 36.5 Å². The quantitative estimate of drug-likeness (QED) is 0.783. The monoisotopic (exact) mass is 401 g/mol. The van der Waals surface area contributed by atoms with Gasteiger partial charge in [0.2, 0.25) is 0 Å². The Labute approximate surface area is 169 Å². The van der Waals surface area contributed by atoms with E-state index in [4.69, 9.17) is 0 Å². The van der Waals surface area contributed by atoms with Crippen molar-refractivity contribution in [3.63, 3.8) is 0 Å². The van der Waals surface area contributed by atoms with E-state index in [-0.39, 0.29) is 17.8 Å². The predicted molar refractivity (Wildman–Crippen MR) is 108 cm³/mol. The van der Waals surface area contributed by atoms with Gasteiger partial charge in [-0.3, -0.25) is 4.79 Å². The smallest absolute Gasteiger partial charge is 0.321 e. The van der Waals surface area contributed by atoms with Gasteiger partial charge in [-0.1, -0.05) is 12.1 Å². The molecule has 0 atom stereocenters. The van der Waals surface area contributed by atoms with E-state index in [1.165, 1.54) is 24.3 Å². The van der Waals surface area contributed by atoms with Crippen LogP contribution in [0.15, 0.2) is 42.5 Å². The highest BCUT2D eigenvalue weighted by atomic mass is 19.1. The van der Waals surface area contributed by atoms with E-state index in [0.29, 0.717) is 42.4 Å². The minimum absolute atomic E-state index is 0.230. The molecule has 2 aromatic carbocycles. The molecule has 3 rings (SSSR count). The van der Waals surface area contributed by atoms with Crippen molar-refractivity contribution in [3.8, 4) is 0 Å². The number of hydrogen-bond donors (Lipinski definition) is 2. The molecule has 0 spiro atoms. The van der Waals surface area contributed by atoms with E-state index in [9.17, 15) is 18.4 Å². The SMILES string of the molecule is Cc1ccc(NC(=O)N2CCC(CCNC(=O)c3cccc(F)c3)CC2)cc1F. The van der Waals surface area contributed by atoms with Gasteiger partial charge in [-0.05, 0) is 68.0 Å². The van der Waals surface area contributed by atoms with E-state index in [0.717, 1.165) is 19.3 Å². The number of nitrogens with one attached hydrogen (secondary N) is 2. The third-order valence-corrected chi connectivity index (χ3v) is 5.25. The molecule has 2 aromatic rings. The van der Waals surface area contributed by atoms with Gasteiger partial charge >= 0.3 is 6.03 Å². The molecule has 1 heterocycles. The van der Waals surface area contributed by atoms with Crippen LogP contribution in [0, 0.1) is 24.5 Å². The second-order valence-electron chi connectivity index (χ2n) is 7.38. The Balaban J connectivity index is 1.39. The maximum absolute atomic E-state index is 13.6. The maximum Gasteiger partial charge on any atom is 0.321 e. The maximum atomic E-state index is 13.6. The molecule has 0 aliphatic carbocycles. The first-order chi connectivity index (χ1) is 13.9. The highest BCUT2D eigenvalue weighted by molar-refractivity contribution is 5.94. The standard InChI is InChI=1S/C22H25F2N3O2/c1-15-5-6-19(14-20(15)24)26-22(29)27-11-8-16(9-12-27)7-10-25-21(28)17-3-2-4-18(23)13-17/h2-6,13-14,16H,7-12H2,1H3,(H,25,28)(H,26,29). The zero-order valence-electron chi connectivity index (χ0n) is 16.4. The molecule has 0 aromatic heterocycles. The molecular formula is C22H25F2N3O2. The Kier molecular flexibility index (Phi) is 6.80. The Morgan fingerprint density at radius 3 is 2.55 bits per heavy atom. The molecule has 154 valence electrons. The molecule has 5 nitrogen and oxygen atoms in total. The average Bonchev–Trinajstić information content (AvgIpc) is 2.71. The summed E-state index contributed by atoms with van der Waals surface area (Å²) in [5, 5.41) is 5.55. The van der Waals surface area contributed by atoms with Crippen molar-refractivity contribution in [3.05, 3.63) is 65.2 Å². The number of nitrogens with zero attached hydrogens (tertiary/aromatic N) is 1. The largest absolute Gasteiger partial charge is 0.352 e. The number of carbonyl (C=O) groups is 2. The predicted octanol–water partition coefficient (Wildman–Crippen LogP) is 4.34. The molecule has 0 radical (unpaired) electrons. The number of anilines is 1. The van der Waals surface area contributed by atoms with Gasteiger partial charge in [0.25, 0.3) is 5.91 Å². The second-order valence-corrected chi connectivity index (χ2v) is 7.38. The highest BCUT2D eigenvalue weighted by Gasteiger charge is 2.23. The first-order valence-corrected chi connectivity index (χ1v) is 9.78. The number of rotatable bonds is 5. The van der Waals surface area contributed by atoms with Gasteiger partial charge < -0.3 is 15.5 Å². The van der Waals surface area contributed by atoms with Crippen LogP contribution in [0.4, 0.5) is 19.3 Å². The van der Waals surface area contributed by atoms with Gasteiger partial charge in [-0.15, -0.1) is 0 Å². The van der Waals surface area contributed by atoms with Crippen molar-refractivity contribution in [1.82, 2.24) is 10.2 Å². The van der Waals surface area contributed by atoms with Crippen molar-refractivity contribution < 1.29 is 18.4 Å². The number of benzene rings is 2. The van der Waals surface area contributed by atoms with E-state index >= 15 is 0 Å². The molecule has 1 saturated heterocycles. The Bertz CT molecular complexity index is 880. The number of carbonyl (C=O) groups excluding carboxylic acids is 2. The lowest BCUT2D eigenvalue weighted by Crippen LogP contribution is -2.41. The van der Waals surface area contributed by atoms with Crippen LogP contribution in [-0.2, 0) is 0 Å². The average molecular weight is 401 g/mol. The summed E-state index contributed by atoms with van der Waals surface area (Å²) in [5.41, 5.74) is 1.29. The number of amides is 3. The second kappa shape index (κ2) is 9.49. The normalized spacial score (nSPS) is 14.5. The van der Waals surface area contributed by atoms with E-state index in [1.54, 1.807) is 30.0 Å². The number of hydrogen-bond acceptors (Lipinski definition) is 2. The molecule has 3 amide bonds. The van der Waals surface area contributed by atoms with Crippen LogP contribution in [0.1, 0.15) is 35.2 Å². The summed E-state index contributed by atoms with van der Waals surface area (Å²) in [4.78, 5) is 26.1. The zero-order valence-corrected chi connectivity index (χ0v) is 16.4. The molecule has 29 heavy (non-hydrogen) atoms. The summed E-state index contributed by atoms with van der Waals surface area (Å²) in [5.74, 6) is -0.659. The van der Waals surface area contributed by atoms with Crippen LogP contribution < -0.4 is 10.6 Å². The summed E-state index contributed by atoms with van der Waals surface area (Å²) in [7, 11) is 0.